The number of alkyl halides is 3. The third-order valence-electron chi connectivity index (χ3n) is 5.89. The zero-order valence-electron chi connectivity index (χ0n) is 15.6. The maximum Gasteiger partial charge on any atom is 0.392 e. The van der Waals surface area contributed by atoms with Gasteiger partial charge in [0.25, 0.3) is 11.8 Å². The van der Waals surface area contributed by atoms with Crippen LogP contribution in [0.25, 0.3) is 11.5 Å². The molecule has 3 aliphatic carbocycles. The average Bonchev–Trinajstić information content (AvgIpc) is 3.10. The smallest absolute Gasteiger partial charge is 0.334 e. The maximum absolute atomic E-state index is 13.3. The Morgan fingerprint density at radius 2 is 2.07 bits per heavy atom. The van der Waals surface area contributed by atoms with E-state index in [9.17, 15) is 18.0 Å². The van der Waals surface area contributed by atoms with Gasteiger partial charge in [-0.25, -0.2) is 0 Å². The van der Waals surface area contributed by atoms with Gasteiger partial charge in [-0.05, 0) is 56.9 Å². The first kappa shape index (κ1) is 18.8. The fraction of sp³-hybridized carbons (Fsp3) is 0.550. The van der Waals surface area contributed by atoms with Crippen molar-refractivity contribution >= 4 is 22.2 Å². The molecule has 1 amide bonds. The van der Waals surface area contributed by atoms with Crippen LogP contribution in [-0.4, -0.2) is 22.2 Å². The quantitative estimate of drug-likeness (QED) is 0.716. The number of fused-ring (bicyclic) bond motifs is 1. The molecular formula is C20H20F3N3O2S. The van der Waals surface area contributed by atoms with Gasteiger partial charge in [0.2, 0.25) is 0 Å². The van der Waals surface area contributed by atoms with Crippen LogP contribution in [0, 0.1) is 5.92 Å². The number of aromatic nitrogens is 2. The van der Waals surface area contributed by atoms with Crippen molar-refractivity contribution < 1.29 is 22.5 Å². The Kier molecular flexibility index (Phi) is 4.53. The minimum Gasteiger partial charge on any atom is -0.334 e. The van der Waals surface area contributed by atoms with Gasteiger partial charge in [-0.2, -0.15) is 18.2 Å². The lowest BCUT2D eigenvalue weighted by Gasteiger charge is -2.24. The van der Waals surface area contributed by atoms with Crippen molar-refractivity contribution in [2.24, 2.45) is 5.92 Å². The number of anilines is 1. The van der Waals surface area contributed by atoms with E-state index in [-0.39, 0.29) is 25.2 Å². The standard InChI is InChI=1S/C20H20F3N3O2S/c21-20(22,23)12-7-8-13-14(9-12)29-19(25-17(27)11-3-1-2-4-11)15(13)18-24-16(26-28-18)10-5-6-10/h3,10,12H,1-2,4-9H2,(H,25,27)/t12-/m0/s1. The lowest BCUT2D eigenvalue weighted by Crippen LogP contribution is -2.28. The largest absolute Gasteiger partial charge is 0.392 e. The summed E-state index contributed by atoms with van der Waals surface area (Å²) in [5.74, 6) is -0.313. The molecule has 1 N–H and O–H groups in total. The monoisotopic (exact) mass is 423 g/mol. The highest BCUT2D eigenvalue weighted by Crippen LogP contribution is 2.48. The molecule has 0 aliphatic heterocycles. The number of carbonyl (C=O) groups is 1. The molecule has 5 nitrogen and oxygen atoms in total. The van der Waals surface area contributed by atoms with Crippen LogP contribution in [0.4, 0.5) is 18.2 Å². The number of rotatable bonds is 4. The van der Waals surface area contributed by atoms with Gasteiger partial charge in [-0.15, -0.1) is 11.3 Å². The zero-order chi connectivity index (χ0) is 20.2. The van der Waals surface area contributed by atoms with E-state index >= 15 is 0 Å². The summed E-state index contributed by atoms with van der Waals surface area (Å²) in [7, 11) is 0. The molecule has 9 heteroatoms. The molecule has 0 bridgehead atoms. The lowest BCUT2D eigenvalue weighted by molar-refractivity contribution is -0.176. The van der Waals surface area contributed by atoms with Crippen LogP contribution in [-0.2, 0) is 17.6 Å². The number of nitrogens with zero attached hydrogens (tertiary/aromatic N) is 2. The van der Waals surface area contributed by atoms with Gasteiger partial charge in [0.05, 0.1) is 11.5 Å². The molecule has 2 aromatic heterocycles. The average molecular weight is 423 g/mol. The second-order valence-electron chi connectivity index (χ2n) is 8.00. The van der Waals surface area contributed by atoms with Gasteiger partial charge in [-0.3, -0.25) is 4.79 Å². The van der Waals surface area contributed by atoms with E-state index in [4.69, 9.17) is 4.52 Å². The van der Waals surface area contributed by atoms with Crippen LogP contribution < -0.4 is 5.32 Å². The summed E-state index contributed by atoms with van der Waals surface area (Å²) in [6, 6.07) is 0. The maximum atomic E-state index is 13.3. The third kappa shape index (κ3) is 3.60. The molecule has 1 atom stereocenters. The molecule has 0 spiro atoms. The second-order valence-corrected chi connectivity index (χ2v) is 9.10. The molecule has 0 unspecified atom stereocenters. The highest BCUT2D eigenvalue weighted by atomic mass is 32.1. The highest BCUT2D eigenvalue weighted by molar-refractivity contribution is 7.17. The van der Waals surface area contributed by atoms with Crippen LogP contribution in [0.3, 0.4) is 0 Å². The number of halogens is 3. The second kappa shape index (κ2) is 6.97. The number of nitrogens with one attached hydrogen (secondary N) is 1. The highest BCUT2D eigenvalue weighted by Gasteiger charge is 2.43. The molecule has 29 heavy (non-hydrogen) atoms. The van der Waals surface area contributed by atoms with E-state index in [0.29, 0.717) is 33.1 Å². The van der Waals surface area contributed by atoms with Crippen molar-refractivity contribution in [3.8, 4) is 11.5 Å². The minimum absolute atomic E-state index is 0.0302. The predicted molar refractivity (Wildman–Crippen MR) is 102 cm³/mol. The van der Waals surface area contributed by atoms with E-state index in [1.54, 1.807) is 0 Å². The van der Waals surface area contributed by atoms with E-state index in [2.05, 4.69) is 15.5 Å². The summed E-state index contributed by atoms with van der Waals surface area (Å²) < 4.78 is 45.3. The molecule has 0 radical (unpaired) electrons. The Bertz CT molecular complexity index is 988. The molecule has 1 saturated carbocycles. The Hall–Kier alpha value is -2.16. The first-order valence-electron chi connectivity index (χ1n) is 9.95. The fourth-order valence-electron chi connectivity index (χ4n) is 4.08. The van der Waals surface area contributed by atoms with Crippen molar-refractivity contribution in [2.45, 2.75) is 63.5 Å². The van der Waals surface area contributed by atoms with Crippen LogP contribution in [0.2, 0.25) is 0 Å². The summed E-state index contributed by atoms with van der Waals surface area (Å²) in [4.78, 5) is 17.8. The number of hydrogen-bond acceptors (Lipinski definition) is 5. The first-order valence-corrected chi connectivity index (χ1v) is 10.8. The van der Waals surface area contributed by atoms with E-state index in [1.807, 2.05) is 6.08 Å². The minimum atomic E-state index is -4.22. The van der Waals surface area contributed by atoms with Crippen molar-refractivity contribution in [2.75, 3.05) is 5.32 Å². The topological polar surface area (TPSA) is 68.0 Å². The Morgan fingerprint density at radius 3 is 2.76 bits per heavy atom. The van der Waals surface area contributed by atoms with E-state index in [1.165, 1.54) is 11.3 Å². The third-order valence-corrected chi connectivity index (χ3v) is 7.06. The molecule has 2 aromatic rings. The molecule has 0 saturated heterocycles. The van der Waals surface area contributed by atoms with E-state index in [0.717, 1.165) is 43.2 Å². The van der Waals surface area contributed by atoms with Crippen LogP contribution in [0.1, 0.15) is 60.7 Å². The van der Waals surface area contributed by atoms with Crippen molar-refractivity contribution in [1.29, 1.82) is 0 Å². The Balaban J connectivity index is 1.51. The predicted octanol–water partition coefficient (Wildman–Crippen LogP) is 5.39. The van der Waals surface area contributed by atoms with Crippen molar-refractivity contribution in [1.82, 2.24) is 10.1 Å². The van der Waals surface area contributed by atoms with Gasteiger partial charge in [0, 0.05) is 16.4 Å². The van der Waals surface area contributed by atoms with Gasteiger partial charge >= 0.3 is 6.18 Å². The van der Waals surface area contributed by atoms with Crippen molar-refractivity contribution in [3.05, 3.63) is 27.9 Å². The van der Waals surface area contributed by atoms with Crippen LogP contribution >= 0.6 is 11.3 Å². The summed E-state index contributed by atoms with van der Waals surface area (Å²) in [6.07, 6.45) is 2.51. The van der Waals surface area contributed by atoms with E-state index < -0.39 is 12.1 Å². The molecular weight excluding hydrogens is 403 g/mol. The number of carbonyl (C=O) groups excluding carboxylic acids is 1. The van der Waals surface area contributed by atoms with Crippen LogP contribution in [0.15, 0.2) is 16.2 Å². The van der Waals surface area contributed by atoms with Gasteiger partial charge in [-0.1, -0.05) is 11.2 Å². The van der Waals surface area contributed by atoms with Gasteiger partial charge in [0.1, 0.15) is 5.00 Å². The molecule has 1 fully saturated rings. The SMILES string of the molecule is O=C(Nc1sc2c(c1-c1nc(C3CC3)no1)CC[C@H](C(F)(F)F)C2)C1=CCCC1. The molecule has 2 heterocycles. The molecule has 0 aromatic carbocycles. The Morgan fingerprint density at radius 1 is 1.24 bits per heavy atom. The molecule has 154 valence electrons. The summed E-state index contributed by atoms with van der Waals surface area (Å²) in [5.41, 5.74) is 2.13. The van der Waals surface area contributed by atoms with Crippen molar-refractivity contribution in [3.63, 3.8) is 0 Å². The van der Waals surface area contributed by atoms with Gasteiger partial charge < -0.3 is 9.84 Å². The normalized spacial score (nSPS) is 21.8. The van der Waals surface area contributed by atoms with Crippen LogP contribution in [0.5, 0.6) is 0 Å². The van der Waals surface area contributed by atoms with Gasteiger partial charge in [0.15, 0.2) is 5.82 Å². The zero-order valence-corrected chi connectivity index (χ0v) is 16.5. The number of amides is 1. The summed E-state index contributed by atoms with van der Waals surface area (Å²) in [5, 5.41) is 7.48. The first-order chi connectivity index (χ1) is 13.9. The fourth-order valence-corrected chi connectivity index (χ4v) is 5.40. The molecule has 3 aliphatic rings. The lowest BCUT2D eigenvalue weighted by atomic mass is 9.86. The summed E-state index contributed by atoms with van der Waals surface area (Å²) in [6.45, 7) is 0. The Labute approximate surface area is 169 Å². The molecule has 5 rings (SSSR count). The number of thiophene rings is 1. The number of allylic oxidation sites excluding steroid dienone is 1. The number of hydrogen-bond donors (Lipinski definition) is 1. The summed E-state index contributed by atoms with van der Waals surface area (Å²) >= 11 is 1.21.